The second-order valence-corrected chi connectivity index (χ2v) is 6.59. The summed E-state index contributed by atoms with van der Waals surface area (Å²) >= 11 is 0. The molecule has 1 amide bonds. The Hall–Kier alpha value is -2.49. The molecule has 0 bridgehead atoms. The molecule has 1 fully saturated rings. The molecule has 132 valence electrons. The first-order valence-electron chi connectivity index (χ1n) is 8.78. The minimum atomic E-state index is 0.0841. The van der Waals surface area contributed by atoms with Crippen molar-refractivity contribution in [1.29, 1.82) is 0 Å². The lowest BCUT2D eigenvalue weighted by Crippen LogP contribution is -2.28. The Balaban J connectivity index is 1.47. The largest absolute Gasteiger partial charge is 0.497 e. The zero-order valence-corrected chi connectivity index (χ0v) is 14.9. The molecule has 1 aliphatic rings. The highest BCUT2D eigenvalue weighted by molar-refractivity contribution is 5.94. The molecular formula is C21H25NO3. The van der Waals surface area contributed by atoms with Crippen LogP contribution in [0.4, 0.5) is 0 Å². The molecule has 0 radical (unpaired) electrons. The third kappa shape index (κ3) is 4.53. The zero-order valence-electron chi connectivity index (χ0n) is 14.9. The Bertz CT molecular complexity index is 711. The first kappa shape index (κ1) is 17.3. The summed E-state index contributed by atoms with van der Waals surface area (Å²) in [6.45, 7) is 4.36. The molecular weight excluding hydrogens is 314 g/mol. The van der Waals surface area contributed by atoms with Crippen LogP contribution in [0, 0.1) is 12.8 Å². The van der Waals surface area contributed by atoms with Gasteiger partial charge in [-0.25, -0.2) is 0 Å². The predicted octanol–water partition coefficient (Wildman–Crippen LogP) is 3.93. The lowest BCUT2D eigenvalue weighted by molar-refractivity contribution is 0.0785. The van der Waals surface area contributed by atoms with Crippen LogP contribution in [-0.4, -0.2) is 37.6 Å². The number of aryl methyl sites for hydroxylation is 1. The van der Waals surface area contributed by atoms with E-state index in [-0.39, 0.29) is 5.91 Å². The average Bonchev–Trinajstić information content (AvgIpc) is 3.11. The lowest BCUT2D eigenvalue weighted by Gasteiger charge is -2.17. The van der Waals surface area contributed by atoms with Gasteiger partial charge in [0.05, 0.1) is 13.7 Å². The summed E-state index contributed by atoms with van der Waals surface area (Å²) in [7, 11) is 1.61. The van der Waals surface area contributed by atoms with Crippen LogP contribution in [0.5, 0.6) is 11.5 Å². The maximum absolute atomic E-state index is 12.6. The van der Waals surface area contributed by atoms with E-state index in [1.165, 1.54) is 5.56 Å². The van der Waals surface area contributed by atoms with Crippen LogP contribution in [0.3, 0.4) is 0 Å². The number of ether oxygens (including phenoxy) is 2. The van der Waals surface area contributed by atoms with E-state index in [2.05, 4.69) is 19.1 Å². The molecule has 2 aromatic carbocycles. The minimum Gasteiger partial charge on any atom is -0.497 e. The molecule has 3 rings (SSSR count). The van der Waals surface area contributed by atoms with Gasteiger partial charge < -0.3 is 14.4 Å². The zero-order chi connectivity index (χ0) is 17.6. The van der Waals surface area contributed by atoms with E-state index in [1.807, 2.05) is 35.2 Å². The highest BCUT2D eigenvalue weighted by atomic mass is 16.5. The average molecular weight is 339 g/mol. The van der Waals surface area contributed by atoms with Gasteiger partial charge in [-0.2, -0.15) is 0 Å². The number of carbonyl (C=O) groups is 1. The maximum Gasteiger partial charge on any atom is 0.253 e. The number of amides is 1. The molecule has 0 N–H and O–H groups in total. The summed E-state index contributed by atoms with van der Waals surface area (Å²) < 4.78 is 11.0. The molecule has 1 aliphatic heterocycles. The second kappa shape index (κ2) is 8.06. The number of rotatable bonds is 6. The van der Waals surface area contributed by atoms with Gasteiger partial charge in [0.25, 0.3) is 5.91 Å². The van der Waals surface area contributed by atoms with Gasteiger partial charge in [0.1, 0.15) is 11.5 Å². The molecule has 1 atom stereocenters. The molecule has 0 aliphatic carbocycles. The van der Waals surface area contributed by atoms with Crippen molar-refractivity contribution in [3.8, 4) is 11.5 Å². The third-order valence-electron chi connectivity index (χ3n) is 4.71. The Morgan fingerprint density at radius 3 is 2.72 bits per heavy atom. The standard InChI is InChI=1S/C21H25NO3/c1-16-6-8-19(9-7-16)25-13-11-17-10-12-22(15-17)21(23)18-4-3-5-20(14-18)24-2/h3-9,14,17H,10-13,15H2,1-2H3. The van der Waals surface area contributed by atoms with E-state index in [1.54, 1.807) is 13.2 Å². The van der Waals surface area contributed by atoms with Gasteiger partial charge in [0, 0.05) is 18.7 Å². The van der Waals surface area contributed by atoms with Gasteiger partial charge in [-0.3, -0.25) is 4.79 Å². The van der Waals surface area contributed by atoms with Crippen molar-refractivity contribution in [2.75, 3.05) is 26.8 Å². The molecule has 1 unspecified atom stereocenters. The number of hydrogen-bond acceptors (Lipinski definition) is 3. The van der Waals surface area contributed by atoms with E-state index in [9.17, 15) is 4.79 Å². The van der Waals surface area contributed by atoms with Gasteiger partial charge in [-0.1, -0.05) is 23.8 Å². The van der Waals surface area contributed by atoms with E-state index in [4.69, 9.17) is 9.47 Å². The third-order valence-corrected chi connectivity index (χ3v) is 4.71. The second-order valence-electron chi connectivity index (χ2n) is 6.59. The Kier molecular flexibility index (Phi) is 5.59. The number of likely N-dealkylation sites (tertiary alicyclic amines) is 1. The van der Waals surface area contributed by atoms with Crippen molar-refractivity contribution >= 4 is 5.91 Å². The molecule has 25 heavy (non-hydrogen) atoms. The molecule has 0 spiro atoms. The van der Waals surface area contributed by atoms with Crippen molar-refractivity contribution in [3.05, 3.63) is 59.7 Å². The number of methoxy groups -OCH3 is 1. The highest BCUT2D eigenvalue weighted by Gasteiger charge is 2.27. The minimum absolute atomic E-state index is 0.0841. The van der Waals surface area contributed by atoms with Crippen molar-refractivity contribution in [3.63, 3.8) is 0 Å². The van der Waals surface area contributed by atoms with Gasteiger partial charge in [-0.05, 0) is 56.0 Å². The molecule has 4 heteroatoms. The van der Waals surface area contributed by atoms with Gasteiger partial charge >= 0.3 is 0 Å². The Labute approximate surface area is 149 Å². The van der Waals surface area contributed by atoms with Gasteiger partial charge in [-0.15, -0.1) is 0 Å². The highest BCUT2D eigenvalue weighted by Crippen LogP contribution is 2.23. The first-order chi connectivity index (χ1) is 12.2. The summed E-state index contributed by atoms with van der Waals surface area (Å²) in [5, 5.41) is 0. The quantitative estimate of drug-likeness (QED) is 0.800. The normalized spacial score (nSPS) is 16.7. The molecule has 0 aromatic heterocycles. The number of carbonyl (C=O) groups excluding carboxylic acids is 1. The van der Waals surface area contributed by atoms with Crippen molar-refractivity contribution in [1.82, 2.24) is 4.90 Å². The predicted molar refractivity (Wildman–Crippen MR) is 98.3 cm³/mol. The Morgan fingerprint density at radius 2 is 1.96 bits per heavy atom. The van der Waals surface area contributed by atoms with E-state index >= 15 is 0 Å². The molecule has 4 nitrogen and oxygen atoms in total. The fraction of sp³-hybridized carbons (Fsp3) is 0.381. The fourth-order valence-corrected chi connectivity index (χ4v) is 3.17. The summed E-state index contributed by atoms with van der Waals surface area (Å²) in [6.07, 6.45) is 2.00. The lowest BCUT2D eigenvalue weighted by atomic mass is 10.1. The number of hydrogen-bond donors (Lipinski definition) is 0. The van der Waals surface area contributed by atoms with Crippen LogP contribution >= 0.6 is 0 Å². The van der Waals surface area contributed by atoms with Crippen molar-refractivity contribution in [2.45, 2.75) is 19.8 Å². The van der Waals surface area contributed by atoms with Crippen LogP contribution in [0.25, 0.3) is 0 Å². The topological polar surface area (TPSA) is 38.8 Å². The van der Waals surface area contributed by atoms with Crippen LogP contribution in [0.1, 0.15) is 28.8 Å². The number of benzene rings is 2. The Morgan fingerprint density at radius 1 is 1.16 bits per heavy atom. The summed E-state index contributed by atoms with van der Waals surface area (Å²) in [5.41, 5.74) is 1.92. The van der Waals surface area contributed by atoms with E-state index < -0.39 is 0 Å². The molecule has 1 saturated heterocycles. The fourth-order valence-electron chi connectivity index (χ4n) is 3.17. The smallest absolute Gasteiger partial charge is 0.253 e. The molecule has 0 saturated carbocycles. The van der Waals surface area contributed by atoms with Crippen LogP contribution in [0.2, 0.25) is 0 Å². The van der Waals surface area contributed by atoms with Crippen LogP contribution < -0.4 is 9.47 Å². The summed E-state index contributed by atoms with van der Waals surface area (Å²) in [5.74, 6) is 2.21. The van der Waals surface area contributed by atoms with Gasteiger partial charge in [0.15, 0.2) is 0 Å². The van der Waals surface area contributed by atoms with E-state index in [0.717, 1.165) is 31.7 Å². The van der Waals surface area contributed by atoms with Gasteiger partial charge in [0.2, 0.25) is 0 Å². The maximum atomic E-state index is 12.6. The first-order valence-corrected chi connectivity index (χ1v) is 8.78. The summed E-state index contributed by atoms with van der Waals surface area (Å²) in [6, 6.07) is 15.5. The van der Waals surface area contributed by atoms with Crippen LogP contribution in [-0.2, 0) is 0 Å². The van der Waals surface area contributed by atoms with Crippen molar-refractivity contribution in [2.24, 2.45) is 5.92 Å². The van der Waals surface area contributed by atoms with Crippen molar-refractivity contribution < 1.29 is 14.3 Å². The monoisotopic (exact) mass is 339 g/mol. The SMILES string of the molecule is COc1cccc(C(=O)N2CCC(CCOc3ccc(C)cc3)C2)c1. The molecule has 2 aromatic rings. The van der Waals surface area contributed by atoms with Crippen LogP contribution in [0.15, 0.2) is 48.5 Å². The summed E-state index contributed by atoms with van der Waals surface area (Å²) in [4.78, 5) is 14.6. The van der Waals surface area contributed by atoms with E-state index in [0.29, 0.717) is 23.8 Å². The number of nitrogens with zero attached hydrogens (tertiary/aromatic N) is 1. The molecule has 1 heterocycles.